The van der Waals surface area contributed by atoms with E-state index in [4.69, 9.17) is 14.5 Å². The molecule has 4 nitrogen and oxygen atoms in total. The number of fused-ring (bicyclic) bond motifs is 1. The standard InChI is InChI=1S/C25H27NO3/c1-6-28-24(27)20-12-9-18(10-13-20)7-8-19-11-14-21-22(15-19)26-23(29-17(2)3)16-25(21,4)5/h9-15,17H,6,16H2,1-5H3. The quantitative estimate of drug-likeness (QED) is 0.522. The molecule has 1 aliphatic rings. The molecule has 3 rings (SSSR count). The van der Waals surface area contributed by atoms with Crippen LogP contribution in [-0.4, -0.2) is 24.6 Å². The van der Waals surface area contributed by atoms with Crippen LogP contribution in [0.15, 0.2) is 47.5 Å². The van der Waals surface area contributed by atoms with Crippen molar-refractivity contribution in [3.8, 4) is 11.8 Å². The Kier molecular flexibility index (Phi) is 6.08. The first-order chi connectivity index (χ1) is 13.8. The van der Waals surface area contributed by atoms with Crippen molar-refractivity contribution in [3.05, 3.63) is 64.7 Å². The Morgan fingerprint density at radius 3 is 2.41 bits per heavy atom. The monoisotopic (exact) mass is 389 g/mol. The van der Waals surface area contributed by atoms with Crippen molar-refractivity contribution in [1.29, 1.82) is 0 Å². The third-order valence-corrected chi connectivity index (χ3v) is 4.68. The number of rotatable bonds is 3. The highest BCUT2D eigenvalue weighted by Crippen LogP contribution is 2.39. The van der Waals surface area contributed by atoms with Gasteiger partial charge >= 0.3 is 5.97 Å². The molecule has 2 aromatic carbocycles. The van der Waals surface area contributed by atoms with E-state index in [9.17, 15) is 4.79 Å². The Balaban J connectivity index is 1.84. The second-order valence-electron chi connectivity index (χ2n) is 8.01. The van der Waals surface area contributed by atoms with E-state index in [2.05, 4.69) is 31.8 Å². The van der Waals surface area contributed by atoms with Crippen LogP contribution < -0.4 is 0 Å². The first-order valence-electron chi connectivity index (χ1n) is 9.96. The van der Waals surface area contributed by atoms with Crippen molar-refractivity contribution < 1.29 is 14.3 Å². The van der Waals surface area contributed by atoms with Crippen LogP contribution >= 0.6 is 0 Å². The molecule has 0 bridgehead atoms. The lowest BCUT2D eigenvalue weighted by atomic mass is 9.78. The highest BCUT2D eigenvalue weighted by Gasteiger charge is 2.31. The van der Waals surface area contributed by atoms with Crippen molar-refractivity contribution in [2.45, 2.75) is 52.6 Å². The van der Waals surface area contributed by atoms with Crippen LogP contribution in [0.5, 0.6) is 0 Å². The second kappa shape index (κ2) is 8.53. The molecule has 150 valence electrons. The largest absolute Gasteiger partial charge is 0.478 e. The molecule has 1 aliphatic heterocycles. The molecule has 0 unspecified atom stereocenters. The number of benzene rings is 2. The van der Waals surface area contributed by atoms with Gasteiger partial charge in [0.15, 0.2) is 5.90 Å². The number of ether oxygens (including phenoxy) is 2. The van der Waals surface area contributed by atoms with Crippen LogP contribution in [0.2, 0.25) is 0 Å². The molecule has 0 aliphatic carbocycles. The number of hydrogen-bond acceptors (Lipinski definition) is 4. The maximum atomic E-state index is 11.7. The summed E-state index contributed by atoms with van der Waals surface area (Å²) >= 11 is 0. The Labute approximate surface area is 173 Å². The zero-order valence-corrected chi connectivity index (χ0v) is 17.7. The lowest BCUT2D eigenvalue weighted by Crippen LogP contribution is -2.28. The predicted octanol–water partition coefficient (Wildman–Crippen LogP) is 5.40. The maximum absolute atomic E-state index is 11.7. The number of aliphatic imine (C=N–C) groups is 1. The van der Waals surface area contributed by atoms with Gasteiger partial charge in [0, 0.05) is 23.0 Å². The van der Waals surface area contributed by atoms with E-state index in [1.54, 1.807) is 19.1 Å². The zero-order valence-electron chi connectivity index (χ0n) is 17.7. The van der Waals surface area contributed by atoms with Gasteiger partial charge in [-0.2, -0.15) is 0 Å². The van der Waals surface area contributed by atoms with Gasteiger partial charge in [-0.1, -0.05) is 31.8 Å². The number of esters is 1. The molecule has 2 aromatic rings. The van der Waals surface area contributed by atoms with Gasteiger partial charge in [-0.3, -0.25) is 0 Å². The molecule has 0 radical (unpaired) electrons. The van der Waals surface area contributed by atoms with Gasteiger partial charge in [0.25, 0.3) is 0 Å². The van der Waals surface area contributed by atoms with Gasteiger partial charge < -0.3 is 9.47 Å². The summed E-state index contributed by atoms with van der Waals surface area (Å²) < 4.78 is 10.9. The molecule has 0 atom stereocenters. The molecule has 0 amide bonds. The number of hydrogen-bond donors (Lipinski definition) is 0. The topological polar surface area (TPSA) is 47.9 Å². The molecular formula is C25H27NO3. The number of carbonyl (C=O) groups excluding carboxylic acids is 1. The molecule has 0 saturated heterocycles. The summed E-state index contributed by atoms with van der Waals surface area (Å²) in [5.74, 6) is 6.80. The van der Waals surface area contributed by atoms with Gasteiger partial charge in [0.05, 0.1) is 24.0 Å². The van der Waals surface area contributed by atoms with Crippen molar-refractivity contribution >= 4 is 17.6 Å². The maximum Gasteiger partial charge on any atom is 0.338 e. The van der Waals surface area contributed by atoms with E-state index in [0.29, 0.717) is 12.2 Å². The molecule has 0 spiro atoms. The van der Waals surface area contributed by atoms with Crippen LogP contribution in [0.1, 0.15) is 68.1 Å². The summed E-state index contributed by atoms with van der Waals surface area (Å²) in [7, 11) is 0. The fourth-order valence-corrected chi connectivity index (χ4v) is 3.31. The Bertz CT molecular complexity index is 989. The van der Waals surface area contributed by atoms with Crippen LogP contribution in [0.3, 0.4) is 0 Å². The Morgan fingerprint density at radius 1 is 1.10 bits per heavy atom. The van der Waals surface area contributed by atoms with Crippen LogP contribution in [-0.2, 0) is 14.9 Å². The highest BCUT2D eigenvalue weighted by molar-refractivity contribution is 5.89. The van der Waals surface area contributed by atoms with E-state index < -0.39 is 0 Å². The van der Waals surface area contributed by atoms with Crippen LogP contribution in [0.4, 0.5) is 5.69 Å². The van der Waals surface area contributed by atoms with Crippen LogP contribution in [0.25, 0.3) is 0 Å². The van der Waals surface area contributed by atoms with Crippen molar-refractivity contribution in [2.75, 3.05) is 6.61 Å². The third kappa shape index (κ3) is 5.06. The third-order valence-electron chi connectivity index (χ3n) is 4.68. The van der Waals surface area contributed by atoms with E-state index in [-0.39, 0.29) is 17.5 Å². The average Bonchev–Trinajstić information content (AvgIpc) is 2.65. The molecule has 0 fully saturated rings. The predicted molar refractivity (Wildman–Crippen MR) is 116 cm³/mol. The van der Waals surface area contributed by atoms with Crippen LogP contribution in [0, 0.1) is 11.8 Å². The first kappa shape index (κ1) is 20.7. The summed E-state index contributed by atoms with van der Waals surface area (Å²) in [6.07, 6.45) is 0.891. The lowest BCUT2D eigenvalue weighted by molar-refractivity contribution is 0.0526. The van der Waals surface area contributed by atoms with Gasteiger partial charge in [-0.25, -0.2) is 9.79 Å². The minimum Gasteiger partial charge on any atom is -0.478 e. The molecule has 29 heavy (non-hydrogen) atoms. The smallest absolute Gasteiger partial charge is 0.338 e. The summed E-state index contributed by atoms with van der Waals surface area (Å²) in [5, 5.41) is 0. The molecular weight excluding hydrogens is 362 g/mol. The zero-order chi connectivity index (χ0) is 21.0. The Hall–Kier alpha value is -3.06. The molecule has 0 N–H and O–H groups in total. The second-order valence-corrected chi connectivity index (χ2v) is 8.01. The van der Waals surface area contributed by atoms with E-state index in [0.717, 1.165) is 29.1 Å². The number of nitrogens with zero attached hydrogens (tertiary/aromatic N) is 1. The summed E-state index contributed by atoms with van der Waals surface area (Å²) in [6.45, 7) is 10.6. The Morgan fingerprint density at radius 2 is 1.76 bits per heavy atom. The van der Waals surface area contributed by atoms with Crippen molar-refractivity contribution in [1.82, 2.24) is 0 Å². The molecule has 4 heteroatoms. The SMILES string of the molecule is CCOC(=O)c1ccc(C#Cc2ccc3c(c2)N=C(OC(C)C)CC3(C)C)cc1. The van der Waals surface area contributed by atoms with Gasteiger partial charge in [0.1, 0.15) is 0 Å². The fraction of sp³-hybridized carbons (Fsp3) is 0.360. The fourth-order valence-electron chi connectivity index (χ4n) is 3.31. The van der Waals surface area contributed by atoms with Gasteiger partial charge in [-0.05, 0) is 62.7 Å². The van der Waals surface area contributed by atoms with E-state index >= 15 is 0 Å². The van der Waals surface area contributed by atoms with Gasteiger partial charge in [-0.15, -0.1) is 0 Å². The normalized spacial score (nSPS) is 14.3. The summed E-state index contributed by atoms with van der Waals surface area (Å²) in [6, 6.07) is 13.3. The average molecular weight is 389 g/mol. The minimum atomic E-state index is -0.318. The van der Waals surface area contributed by atoms with Crippen molar-refractivity contribution in [2.24, 2.45) is 4.99 Å². The summed E-state index contributed by atoms with van der Waals surface area (Å²) in [4.78, 5) is 16.5. The highest BCUT2D eigenvalue weighted by atomic mass is 16.5. The molecule has 0 saturated carbocycles. The van der Waals surface area contributed by atoms with E-state index in [1.807, 2.05) is 38.1 Å². The molecule has 1 heterocycles. The first-order valence-corrected chi connectivity index (χ1v) is 9.96. The lowest BCUT2D eigenvalue weighted by Gasteiger charge is -2.31. The minimum absolute atomic E-state index is 0.0316. The van der Waals surface area contributed by atoms with Gasteiger partial charge in [0.2, 0.25) is 0 Å². The van der Waals surface area contributed by atoms with Crippen molar-refractivity contribution in [3.63, 3.8) is 0 Å². The number of carbonyl (C=O) groups is 1. The molecule has 0 aromatic heterocycles. The van der Waals surface area contributed by atoms with E-state index in [1.165, 1.54) is 5.56 Å². The summed E-state index contributed by atoms with van der Waals surface area (Å²) in [5.41, 5.74) is 4.35.